The van der Waals surface area contributed by atoms with E-state index in [1.807, 2.05) is 36.4 Å². The van der Waals surface area contributed by atoms with Crippen LogP contribution in [0.25, 0.3) is 10.8 Å². The SMILES string of the molecule is CCCCN1CCC(C)C(C(=O)c2ccc3cc(OC)ccc3c2)C1. The van der Waals surface area contributed by atoms with Crippen molar-refractivity contribution in [1.29, 1.82) is 0 Å². The zero-order valence-corrected chi connectivity index (χ0v) is 15.6. The molecule has 3 nitrogen and oxygen atoms in total. The van der Waals surface area contributed by atoms with Crippen LogP contribution in [0.1, 0.15) is 43.5 Å². The van der Waals surface area contributed by atoms with Crippen LogP contribution < -0.4 is 4.74 Å². The number of methoxy groups -OCH3 is 1. The van der Waals surface area contributed by atoms with E-state index in [1.54, 1.807) is 7.11 Å². The van der Waals surface area contributed by atoms with Crippen molar-refractivity contribution in [3.63, 3.8) is 0 Å². The topological polar surface area (TPSA) is 29.5 Å². The van der Waals surface area contributed by atoms with Gasteiger partial charge in [0, 0.05) is 18.0 Å². The van der Waals surface area contributed by atoms with Crippen LogP contribution in [0, 0.1) is 11.8 Å². The minimum atomic E-state index is 0.112. The van der Waals surface area contributed by atoms with Gasteiger partial charge in [0.1, 0.15) is 5.75 Å². The number of ketones is 1. The summed E-state index contributed by atoms with van der Waals surface area (Å²) in [5.74, 6) is 1.71. The van der Waals surface area contributed by atoms with Crippen molar-refractivity contribution in [2.24, 2.45) is 11.8 Å². The number of unbranched alkanes of at least 4 members (excludes halogenated alkanes) is 1. The molecule has 1 fully saturated rings. The number of carbonyl (C=O) groups is 1. The molecule has 0 aromatic heterocycles. The average Bonchev–Trinajstić information content (AvgIpc) is 2.66. The number of rotatable bonds is 6. The number of carbonyl (C=O) groups excluding carboxylic acids is 1. The van der Waals surface area contributed by atoms with Gasteiger partial charge in [0.15, 0.2) is 5.78 Å². The van der Waals surface area contributed by atoms with Crippen LogP contribution in [-0.2, 0) is 0 Å². The lowest BCUT2D eigenvalue weighted by molar-refractivity contribution is 0.0717. The lowest BCUT2D eigenvalue weighted by Gasteiger charge is -2.36. The van der Waals surface area contributed by atoms with E-state index in [-0.39, 0.29) is 5.92 Å². The van der Waals surface area contributed by atoms with Gasteiger partial charge in [-0.05, 0) is 60.8 Å². The average molecular weight is 339 g/mol. The third-order valence-electron chi connectivity index (χ3n) is 5.54. The molecule has 1 aliphatic heterocycles. The highest BCUT2D eigenvalue weighted by Gasteiger charge is 2.31. The summed E-state index contributed by atoms with van der Waals surface area (Å²) >= 11 is 0. The number of Topliss-reactive ketones (excluding diaryl/α,β-unsaturated/α-hetero) is 1. The molecular formula is C22H29NO2. The number of ether oxygens (including phenoxy) is 1. The molecule has 2 aromatic rings. The summed E-state index contributed by atoms with van der Waals surface area (Å²) in [5.41, 5.74) is 0.840. The molecule has 0 N–H and O–H groups in total. The Kier molecular flexibility index (Phi) is 5.74. The largest absolute Gasteiger partial charge is 0.497 e. The van der Waals surface area contributed by atoms with Gasteiger partial charge >= 0.3 is 0 Å². The van der Waals surface area contributed by atoms with Crippen LogP contribution in [0.15, 0.2) is 36.4 Å². The van der Waals surface area contributed by atoms with Crippen molar-refractivity contribution in [3.05, 3.63) is 42.0 Å². The van der Waals surface area contributed by atoms with Crippen molar-refractivity contribution < 1.29 is 9.53 Å². The van der Waals surface area contributed by atoms with Gasteiger partial charge in [-0.25, -0.2) is 0 Å². The smallest absolute Gasteiger partial charge is 0.167 e. The quantitative estimate of drug-likeness (QED) is 0.709. The van der Waals surface area contributed by atoms with Crippen LogP contribution in [0.5, 0.6) is 5.75 Å². The highest BCUT2D eigenvalue weighted by Crippen LogP contribution is 2.29. The predicted octanol–water partition coefficient (Wildman–Crippen LogP) is 4.79. The molecule has 134 valence electrons. The van der Waals surface area contributed by atoms with Crippen LogP contribution >= 0.6 is 0 Å². The number of hydrogen-bond donors (Lipinski definition) is 0. The summed E-state index contributed by atoms with van der Waals surface area (Å²) in [6, 6.07) is 12.0. The van der Waals surface area contributed by atoms with Gasteiger partial charge in [0.2, 0.25) is 0 Å². The maximum Gasteiger partial charge on any atom is 0.167 e. The molecule has 2 aromatic carbocycles. The zero-order valence-electron chi connectivity index (χ0n) is 15.6. The first-order chi connectivity index (χ1) is 12.1. The van der Waals surface area contributed by atoms with E-state index in [1.165, 1.54) is 12.8 Å². The number of piperidine rings is 1. The van der Waals surface area contributed by atoms with Gasteiger partial charge in [-0.2, -0.15) is 0 Å². The van der Waals surface area contributed by atoms with E-state index >= 15 is 0 Å². The summed E-state index contributed by atoms with van der Waals surface area (Å²) in [6.07, 6.45) is 3.54. The Bertz CT molecular complexity index is 738. The van der Waals surface area contributed by atoms with Crippen molar-refractivity contribution >= 4 is 16.6 Å². The van der Waals surface area contributed by atoms with Gasteiger partial charge in [0.25, 0.3) is 0 Å². The maximum absolute atomic E-state index is 13.1. The van der Waals surface area contributed by atoms with Gasteiger partial charge in [-0.3, -0.25) is 4.79 Å². The Morgan fingerprint density at radius 1 is 1.20 bits per heavy atom. The van der Waals surface area contributed by atoms with E-state index in [9.17, 15) is 4.79 Å². The van der Waals surface area contributed by atoms with E-state index in [2.05, 4.69) is 18.7 Å². The molecule has 1 saturated heterocycles. The second-order valence-electron chi connectivity index (χ2n) is 7.32. The Morgan fingerprint density at radius 2 is 1.96 bits per heavy atom. The highest BCUT2D eigenvalue weighted by atomic mass is 16.5. The predicted molar refractivity (Wildman–Crippen MR) is 103 cm³/mol. The van der Waals surface area contributed by atoms with Gasteiger partial charge in [0.05, 0.1) is 7.11 Å². The summed E-state index contributed by atoms with van der Waals surface area (Å²) < 4.78 is 5.28. The number of benzene rings is 2. The van der Waals surface area contributed by atoms with Crippen molar-refractivity contribution in [3.8, 4) is 5.75 Å². The molecular weight excluding hydrogens is 310 g/mol. The molecule has 2 unspecified atom stereocenters. The number of fused-ring (bicyclic) bond motifs is 1. The lowest BCUT2D eigenvalue weighted by Crippen LogP contribution is -2.43. The van der Waals surface area contributed by atoms with Gasteiger partial charge < -0.3 is 9.64 Å². The maximum atomic E-state index is 13.1. The molecule has 25 heavy (non-hydrogen) atoms. The molecule has 0 aliphatic carbocycles. The van der Waals surface area contributed by atoms with Crippen molar-refractivity contribution in [1.82, 2.24) is 4.90 Å². The summed E-state index contributed by atoms with van der Waals surface area (Å²) in [6.45, 7) is 7.60. The van der Waals surface area contributed by atoms with Crippen LogP contribution in [0.4, 0.5) is 0 Å². The van der Waals surface area contributed by atoms with E-state index in [0.717, 1.165) is 48.1 Å². The zero-order chi connectivity index (χ0) is 17.8. The molecule has 1 heterocycles. The van der Waals surface area contributed by atoms with Crippen LogP contribution in [0.3, 0.4) is 0 Å². The van der Waals surface area contributed by atoms with E-state index in [0.29, 0.717) is 11.7 Å². The Labute approximate surface area is 151 Å². The Hall–Kier alpha value is -1.87. The fourth-order valence-electron chi connectivity index (χ4n) is 3.78. The fraction of sp³-hybridized carbons (Fsp3) is 0.500. The van der Waals surface area contributed by atoms with Gasteiger partial charge in [-0.15, -0.1) is 0 Å². The molecule has 3 rings (SSSR count). The third kappa shape index (κ3) is 4.04. The molecule has 0 amide bonds. The van der Waals surface area contributed by atoms with Crippen molar-refractivity contribution in [2.45, 2.75) is 33.1 Å². The second-order valence-corrected chi connectivity index (χ2v) is 7.32. The van der Waals surface area contributed by atoms with E-state index < -0.39 is 0 Å². The molecule has 2 atom stereocenters. The molecule has 0 radical (unpaired) electrons. The first kappa shape index (κ1) is 17.9. The number of likely N-dealkylation sites (tertiary alicyclic amines) is 1. The standard InChI is InChI=1S/C22H29NO2/c1-4-5-11-23-12-10-16(2)21(15-23)22(24)19-7-6-18-14-20(25-3)9-8-17(18)13-19/h6-9,13-14,16,21H,4-5,10-12,15H2,1-3H3. The highest BCUT2D eigenvalue weighted by molar-refractivity contribution is 6.01. The molecule has 0 spiro atoms. The second kappa shape index (κ2) is 8.01. The summed E-state index contributed by atoms with van der Waals surface area (Å²) in [5, 5.41) is 2.20. The monoisotopic (exact) mass is 339 g/mol. The van der Waals surface area contributed by atoms with Crippen molar-refractivity contribution in [2.75, 3.05) is 26.7 Å². The first-order valence-electron chi connectivity index (χ1n) is 9.46. The number of nitrogens with zero attached hydrogens (tertiary/aromatic N) is 1. The summed E-state index contributed by atoms with van der Waals surface area (Å²) in [7, 11) is 1.67. The number of hydrogen-bond acceptors (Lipinski definition) is 3. The fourth-order valence-corrected chi connectivity index (χ4v) is 3.78. The Morgan fingerprint density at radius 3 is 2.72 bits per heavy atom. The molecule has 3 heteroatoms. The minimum Gasteiger partial charge on any atom is -0.497 e. The molecule has 1 aliphatic rings. The third-order valence-corrected chi connectivity index (χ3v) is 5.54. The molecule has 0 saturated carbocycles. The normalized spacial score (nSPS) is 21.4. The van der Waals surface area contributed by atoms with E-state index in [4.69, 9.17) is 4.74 Å². The minimum absolute atomic E-state index is 0.112. The Balaban J connectivity index is 1.80. The summed E-state index contributed by atoms with van der Waals surface area (Å²) in [4.78, 5) is 15.6. The van der Waals surface area contributed by atoms with Crippen LogP contribution in [-0.4, -0.2) is 37.4 Å². The molecule has 0 bridgehead atoms. The van der Waals surface area contributed by atoms with Crippen LogP contribution in [0.2, 0.25) is 0 Å². The van der Waals surface area contributed by atoms with Gasteiger partial charge in [-0.1, -0.05) is 38.5 Å². The first-order valence-corrected chi connectivity index (χ1v) is 9.46. The lowest BCUT2D eigenvalue weighted by atomic mass is 9.81.